The van der Waals surface area contributed by atoms with Gasteiger partial charge in [-0.25, -0.2) is 13.4 Å². The fourth-order valence-electron chi connectivity index (χ4n) is 1.65. The number of thiazole rings is 1. The lowest BCUT2D eigenvalue weighted by Crippen LogP contribution is -2.16. The maximum Gasteiger partial charge on any atom is 0.234 e. The molecule has 0 aliphatic carbocycles. The quantitative estimate of drug-likeness (QED) is 0.656. The summed E-state index contributed by atoms with van der Waals surface area (Å²) in [5.41, 5.74) is 1.95. The average molecular weight is 319 g/mol. The van der Waals surface area contributed by atoms with Gasteiger partial charge in [-0.3, -0.25) is 4.72 Å². The predicted molar refractivity (Wildman–Crippen MR) is 81.7 cm³/mol. The molecule has 2 rings (SSSR count). The normalized spacial score (nSPS) is 11.9. The zero-order chi connectivity index (χ0) is 13.9. The third-order valence-corrected chi connectivity index (χ3v) is 5.24. The summed E-state index contributed by atoms with van der Waals surface area (Å²) >= 11 is 6.88. The van der Waals surface area contributed by atoms with E-state index in [0.29, 0.717) is 23.9 Å². The molecule has 0 fully saturated rings. The largest absolute Gasteiger partial charge is 0.259 e. The monoisotopic (exact) mass is 318 g/mol. The van der Waals surface area contributed by atoms with E-state index in [4.69, 9.17) is 11.6 Å². The third-order valence-electron chi connectivity index (χ3n) is 2.58. The third kappa shape index (κ3) is 4.06. The summed E-state index contributed by atoms with van der Waals surface area (Å²) in [6.45, 7) is 2.00. The molecule has 0 bridgehead atoms. The van der Waals surface area contributed by atoms with Crippen molar-refractivity contribution in [2.45, 2.75) is 19.8 Å². The fourth-order valence-corrected chi connectivity index (χ4v) is 4.20. The van der Waals surface area contributed by atoms with E-state index in [0.717, 1.165) is 15.8 Å². The average Bonchev–Trinajstić information content (AvgIpc) is 2.69. The zero-order valence-electron chi connectivity index (χ0n) is 10.5. The fraction of sp³-hybridized carbons (Fsp3) is 0.417. The Morgan fingerprint density at radius 3 is 2.89 bits per heavy atom. The zero-order valence-corrected chi connectivity index (χ0v) is 12.9. The molecule has 1 aromatic heterocycles. The van der Waals surface area contributed by atoms with Gasteiger partial charge in [-0.05, 0) is 37.5 Å². The molecule has 104 valence electrons. The summed E-state index contributed by atoms with van der Waals surface area (Å²) in [7, 11) is -3.33. The smallest absolute Gasteiger partial charge is 0.234 e. The van der Waals surface area contributed by atoms with Crippen LogP contribution in [0.3, 0.4) is 0 Å². The number of nitrogens with zero attached hydrogens (tertiary/aromatic N) is 1. The highest BCUT2D eigenvalue weighted by molar-refractivity contribution is 7.92. The number of benzene rings is 1. The number of halogens is 1. The number of rotatable bonds is 6. The second-order valence-electron chi connectivity index (χ2n) is 4.31. The summed E-state index contributed by atoms with van der Waals surface area (Å²) < 4.78 is 27.2. The lowest BCUT2D eigenvalue weighted by atomic mass is 10.2. The van der Waals surface area contributed by atoms with Crippen LogP contribution in [0.15, 0.2) is 18.2 Å². The van der Waals surface area contributed by atoms with Crippen LogP contribution in [0.2, 0.25) is 0 Å². The number of nitrogens with one attached hydrogen (secondary N) is 1. The molecule has 1 aromatic carbocycles. The molecule has 0 unspecified atom stereocenters. The van der Waals surface area contributed by atoms with Gasteiger partial charge in [0.05, 0.1) is 16.0 Å². The first kappa shape index (κ1) is 14.6. The summed E-state index contributed by atoms with van der Waals surface area (Å²) in [5, 5.41) is 0.423. The van der Waals surface area contributed by atoms with E-state index >= 15 is 0 Å². The van der Waals surface area contributed by atoms with Crippen LogP contribution >= 0.6 is 22.9 Å². The molecule has 0 saturated carbocycles. The molecule has 1 heterocycles. The van der Waals surface area contributed by atoms with Crippen LogP contribution in [0.25, 0.3) is 10.2 Å². The first-order valence-electron chi connectivity index (χ1n) is 5.94. The molecule has 0 saturated heterocycles. The topological polar surface area (TPSA) is 59.1 Å². The highest BCUT2D eigenvalue weighted by atomic mass is 35.5. The molecule has 0 radical (unpaired) electrons. The summed E-state index contributed by atoms with van der Waals surface area (Å²) in [6.07, 6.45) is 1.25. The van der Waals surface area contributed by atoms with Gasteiger partial charge in [-0.2, -0.15) is 0 Å². The SMILES string of the molecule is Cc1ccc2nc(NS(=O)(=O)CCCCCl)sc2c1. The molecule has 19 heavy (non-hydrogen) atoms. The molecule has 4 nitrogen and oxygen atoms in total. The van der Waals surface area contributed by atoms with Crippen molar-refractivity contribution in [2.75, 3.05) is 16.4 Å². The Labute approximate surface area is 121 Å². The Morgan fingerprint density at radius 2 is 2.16 bits per heavy atom. The Bertz CT molecular complexity index is 667. The van der Waals surface area contributed by atoms with Crippen molar-refractivity contribution in [1.29, 1.82) is 0 Å². The number of aromatic nitrogens is 1. The maximum atomic E-state index is 11.8. The van der Waals surface area contributed by atoms with Crippen molar-refractivity contribution in [3.05, 3.63) is 23.8 Å². The van der Waals surface area contributed by atoms with E-state index in [1.807, 2.05) is 25.1 Å². The minimum atomic E-state index is -3.33. The van der Waals surface area contributed by atoms with Crippen LogP contribution in [0.4, 0.5) is 5.13 Å². The minimum absolute atomic E-state index is 0.0780. The van der Waals surface area contributed by atoms with E-state index in [-0.39, 0.29) is 5.75 Å². The van der Waals surface area contributed by atoms with Crippen LogP contribution in [-0.4, -0.2) is 25.0 Å². The highest BCUT2D eigenvalue weighted by Crippen LogP contribution is 2.27. The van der Waals surface area contributed by atoms with Gasteiger partial charge < -0.3 is 0 Å². The van der Waals surface area contributed by atoms with Crippen molar-refractivity contribution >= 4 is 48.3 Å². The maximum absolute atomic E-state index is 11.8. The molecule has 1 N–H and O–H groups in total. The van der Waals surface area contributed by atoms with Gasteiger partial charge in [-0.15, -0.1) is 11.6 Å². The van der Waals surface area contributed by atoms with Gasteiger partial charge in [0.1, 0.15) is 0 Å². The van der Waals surface area contributed by atoms with E-state index in [9.17, 15) is 8.42 Å². The van der Waals surface area contributed by atoms with Crippen LogP contribution < -0.4 is 4.72 Å². The van der Waals surface area contributed by atoms with E-state index in [1.54, 1.807) is 0 Å². The van der Waals surface area contributed by atoms with Crippen LogP contribution in [0.1, 0.15) is 18.4 Å². The molecular formula is C12H15ClN2O2S2. The van der Waals surface area contributed by atoms with Crippen molar-refractivity contribution in [3.8, 4) is 0 Å². The van der Waals surface area contributed by atoms with Gasteiger partial charge in [0.15, 0.2) is 5.13 Å². The second-order valence-corrected chi connectivity index (χ2v) is 7.56. The van der Waals surface area contributed by atoms with Gasteiger partial charge in [0, 0.05) is 5.88 Å². The molecule has 0 aliphatic heterocycles. The first-order chi connectivity index (χ1) is 9.00. The number of hydrogen-bond donors (Lipinski definition) is 1. The van der Waals surface area contributed by atoms with Gasteiger partial charge in [0.25, 0.3) is 0 Å². The molecular weight excluding hydrogens is 304 g/mol. The Balaban J connectivity index is 2.12. The summed E-state index contributed by atoms with van der Waals surface area (Å²) in [5.74, 6) is 0.560. The Hall–Kier alpha value is -0.850. The molecule has 2 aromatic rings. The van der Waals surface area contributed by atoms with E-state index in [2.05, 4.69) is 9.71 Å². The van der Waals surface area contributed by atoms with Gasteiger partial charge in [0.2, 0.25) is 10.0 Å². The molecule has 0 spiro atoms. The number of sulfonamides is 1. The number of fused-ring (bicyclic) bond motifs is 1. The van der Waals surface area contributed by atoms with Crippen LogP contribution in [0, 0.1) is 6.92 Å². The van der Waals surface area contributed by atoms with E-state index in [1.165, 1.54) is 11.3 Å². The van der Waals surface area contributed by atoms with Crippen LogP contribution in [0.5, 0.6) is 0 Å². The molecule has 0 aliphatic rings. The number of hydrogen-bond acceptors (Lipinski definition) is 4. The Kier molecular flexibility index (Phi) is 4.65. The van der Waals surface area contributed by atoms with Gasteiger partial charge >= 0.3 is 0 Å². The van der Waals surface area contributed by atoms with Crippen LogP contribution in [-0.2, 0) is 10.0 Å². The van der Waals surface area contributed by atoms with Crippen molar-refractivity contribution in [2.24, 2.45) is 0 Å². The number of anilines is 1. The summed E-state index contributed by atoms with van der Waals surface area (Å²) in [6, 6.07) is 5.85. The van der Waals surface area contributed by atoms with Crippen molar-refractivity contribution < 1.29 is 8.42 Å². The predicted octanol–water partition coefficient (Wildman–Crippen LogP) is 3.37. The Morgan fingerprint density at radius 1 is 1.37 bits per heavy atom. The number of unbranched alkanes of at least 4 members (excludes halogenated alkanes) is 1. The minimum Gasteiger partial charge on any atom is -0.259 e. The van der Waals surface area contributed by atoms with Crippen molar-refractivity contribution in [1.82, 2.24) is 4.98 Å². The molecule has 7 heteroatoms. The van der Waals surface area contributed by atoms with Crippen molar-refractivity contribution in [3.63, 3.8) is 0 Å². The lowest BCUT2D eigenvalue weighted by molar-refractivity contribution is 0.598. The number of aryl methyl sites for hydroxylation is 1. The lowest BCUT2D eigenvalue weighted by Gasteiger charge is -2.03. The first-order valence-corrected chi connectivity index (χ1v) is 8.94. The van der Waals surface area contributed by atoms with E-state index < -0.39 is 10.0 Å². The number of alkyl halides is 1. The molecule has 0 atom stereocenters. The highest BCUT2D eigenvalue weighted by Gasteiger charge is 2.13. The van der Waals surface area contributed by atoms with Gasteiger partial charge in [-0.1, -0.05) is 17.4 Å². The summed E-state index contributed by atoms with van der Waals surface area (Å²) in [4.78, 5) is 4.27. The second kappa shape index (κ2) is 6.07. The molecule has 0 amide bonds. The standard InChI is InChI=1S/C12H15ClN2O2S2/c1-9-4-5-10-11(8-9)18-12(14-10)15-19(16,17)7-3-2-6-13/h4-5,8H,2-3,6-7H2,1H3,(H,14,15).